The van der Waals surface area contributed by atoms with Crippen molar-refractivity contribution in [1.82, 2.24) is 5.32 Å². The number of hydrogen-bond donors (Lipinski definition) is 1. The quantitative estimate of drug-likeness (QED) is 0.516. The van der Waals surface area contributed by atoms with Crippen LogP contribution in [0, 0.1) is 11.8 Å². The van der Waals surface area contributed by atoms with E-state index in [-0.39, 0.29) is 5.91 Å². The zero-order chi connectivity index (χ0) is 9.23. The Hall–Kier alpha value is -0.620. The summed E-state index contributed by atoms with van der Waals surface area (Å²) in [6.07, 6.45) is 3.36. The molecular weight excluding hydrogens is 170 g/mol. The third-order valence-electron chi connectivity index (χ3n) is 1.28. The Bertz CT molecular complexity index is 181. The Morgan fingerprint density at radius 3 is 2.92 bits per heavy atom. The Kier molecular flexibility index (Phi) is 8.04. The molecule has 0 aliphatic heterocycles. The molecule has 0 spiro atoms. The van der Waals surface area contributed by atoms with Crippen molar-refractivity contribution in [1.29, 1.82) is 0 Å². The highest BCUT2D eigenvalue weighted by Crippen LogP contribution is 1.94. The van der Waals surface area contributed by atoms with Crippen LogP contribution in [0.1, 0.15) is 19.8 Å². The van der Waals surface area contributed by atoms with Crippen molar-refractivity contribution in [3.05, 3.63) is 0 Å². The molecule has 2 nitrogen and oxygen atoms in total. The summed E-state index contributed by atoms with van der Waals surface area (Å²) in [7, 11) is 0. The summed E-state index contributed by atoms with van der Waals surface area (Å²) in [5.74, 6) is 6.69. The first-order valence-electron chi connectivity index (χ1n) is 3.96. The Balaban J connectivity index is 3.23. The average Bonchev–Trinajstić information content (AvgIpc) is 2.09. The number of nitrogens with one attached hydrogen (secondary N) is 1. The van der Waals surface area contributed by atoms with Crippen molar-refractivity contribution < 1.29 is 4.79 Å². The van der Waals surface area contributed by atoms with E-state index in [1.165, 1.54) is 0 Å². The average molecular weight is 185 g/mol. The number of rotatable bonds is 5. The first kappa shape index (κ1) is 11.4. The summed E-state index contributed by atoms with van der Waals surface area (Å²) in [5, 5.41) is 2.80. The smallest absolute Gasteiger partial charge is 0.220 e. The minimum Gasteiger partial charge on any atom is -0.355 e. The summed E-state index contributed by atoms with van der Waals surface area (Å²) in [6, 6.07) is 0. The number of carbonyl (C=O) groups excluding carboxylic acids is 1. The van der Waals surface area contributed by atoms with E-state index in [1.54, 1.807) is 18.7 Å². The molecule has 0 aliphatic carbocycles. The van der Waals surface area contributed by atoms with E-state index in [2.05, 4.69) is 17.2 Å². The molecule has 0 saturated carbocycles. The summed E-state index contributed by atoms with van der Waals surface area (Å²) < 4.78 is 0. The van der Waals surface area contributed by atoms with Gasteiger partial charge in [0.25, 0.3) is 0 Å². The summed E-state index contributed by atoms with van der Waals surface area (Å²) in [6.45, 7) is 2.48. The van der Waals surface area contributed by atoms with Crippen LogP contribution in [0.2, 0.25) is 0 Å². The molecule has 0 heterocycles. The minimum atomic E-state index is 0.127. The molecule has 0 aromatic rings. The molecule has 3 heteroatoms. The second-order valence-corrected chi connectivity index (χ2v) is 3.26. The van der Waals surface area contributed by atoms with E-state index in [0.29, 0.717) is 13.0 Å². The lowest BCUT2D eigenvalue weighted by atomic mass is 10.4. The SMILES string of the molecule is CC#CCCNC(=O)CCSC. The highest BCUT2D eigenvalue weighted by molar-refractivity contribution is 7.98. The lowest BCUT2D eigenvalue weighted by Crippen LogP contribution is -2.24. The Labute approximate surface area is 78.5 Å². The molecule has 0 radical (unpaired) electrons. The van der Waals surface area contributed by atoms with Gasteiger partial charge in [-0.05, 0) is 13.2 Å². The van der Waals surface area contributed by atoms with E-state index in [9.17, 15) is 4.79 Å². The highest BCUT2D eigenvalue weighted by Gasteiger charge is 1.97. The van der Waals surface area contributed by atoms with Gasteiger partial charge in [0.15, 0.2) is 0 Å². The van der Waals surface area contributed by atoms with Gasteiger partial charge in [0.2, 0.25) is 5.91 Å². The van der Waals surface area contributed by atoms with E-state index >= 15 is 0 Å². The molecule has 0 rings (SSSR count). The van der Waals surface area contributed by atoms with Crippen molar-refractivity contribution >= 4 is 17.7 Å². The second-order valence-electron chi connectivity index (χ2n) is 2.27. The molecule has 0 unspecified atom stereocenters. The van der Waals surface area contributed by atoms with Crippen LogP contribution in [0.25, 0.3) is 0 Å². The fourth-order valence-electron chi connectivity index (χ4n) is 0.673. The standard InChI is InChI=1S/C9H15NOS/c1-3-4-5-7-10-9(11)6-8-12-2/h5-8H2,1-2H3,(H,10,11). The summed E-state index contributed by atoms with van der Waals surface area (Å²) >= 11 is 1.68. The van der Waals surface area contributed by atoms with Gasteiger partial charge in [-0.25, -0.2) is 0 Å². The molecule has 1 amide bonds. The van der Waals surface area contributed by atoms with Gasteiger partial charge in [-0.2, -0.15) is 11.8 Å². The monoisotopic (exact) mass is 185 g/mol. The number of amides is 1. The van der Waals surface area contributed by atoms with Crippen LogP contribution in [0.4, 0.5) is 0 Å². The van der Waals surface area contributed by atoms with Gasteiger partial charge in [-0.15, -0.1) is 11.8 Å². The van der Waals surface area contributed by atoms with Crippen LogP contribution in [0.5, 0.6) is 0 Å². The zero-order valence-corrected chi connectivity index (χ0v) is 8.46. The third-order valence-corrected chi connectivity index (χ3v) is 1.89. The van der Waals surface area contributed by atoms with E-state index in [4.69, 9.17) is 0 Å². The van der Waals surface area contributed by atoms with Gasteiger partial charge in [0.05, 0.1) is 0 Å². The van der Waals surface area contributed by atoms with E-state index in [1.807, 2.05) is 6.26 Å². The maximum atomic E-state index is 11.0. The van der Waals surface area contributed by atoms with Gasteiger partial charge >= 0.3 is 0 Å². The number of carbonyl (C=O) groups is 1. The molecule has 0 fully saturated rings. The Morgan fingerprint density at radius 1 is 1.58 bits per heavy atom. The molecule has 0 aromatic heterocycles. The maximum absolute atomic E-state index is 11.0. The van der Waals surface area contributed by atoms with Crippen molar-refractivity contribution in [3.8, 4) is 11.8 Å². The number of hydrogen-bond acceptors (Lipinski definition) is 2. The second kappa shape index (κ2) is 8.48. The van der Waals surface area contributed by atoms with Gasteiger partial charge in [0.1, 0.15) is 0 Å². The molecular formula is C9H15NOS. The molecule has 0 atom stereocenters. The lowest BCUT2D eigenvalue weighted by molar-refractivity contribution is -0.120. The molecule has 68 valence electrons. The first-order valence-corrected chi connectivity index (χ1v) is 5.36. The van der Waals surface area contributed by atoms with Gasteiger partial charge in [0, 0.05) is 25.1 Å². The van der Waals surface area contributed by atoms with Crippen LogP contribution in [0.3, 0.4) is 0 Å². The van der Waals surface area contributed by atoms with Gasteiger partial charge in [-0.1, -0.05) is 0 Å². The van der Waals surface area contributed by atoms with Crippen molar-refractivity contribution in [3.63, 3.8) is 0 Å². The van der Waals surface area contributed by atoms with Crippen LogP contribution >= 0.6 is 11.8 Å². The minimum absolute atomic E-state index is 0.127. The fraction of sp³-hybridized carbons (Fsp3) is 0.667. The van der Waals surface area contributed by atoms with Crippen LogP contribution in [0.15, 0.2) is 0 Å². The number of thioether (sulfide) groups is 1. The van der Waals surface area contributed by atoms with Crippen LogP contribution in [-0.4, -0.2) is 24.5 Å². The Morgan fingerprint density at radius 2 is 2.33 bits per heavy atom. The van der Waals surface area contributed by atoms with Crippen LogP contribution < -0.4 is 5.32 Å². The molecule has 0 aliphatic rings. The fourth-order valence-corrected chi connectivity index (χ4v) is 1.06. The normalized spacial score (nSPS) is 8.50. The van der Waals surface area contributed by atoms with Crippen molar-refractivity contribution in [2.45, 2.75) is 19.8 Å². The predicted octanol–water partition coefficient (Wildman–Crippen LogP) is 1.27. The molecule has 0 bridgehead atoms. The molecule has 1 N–H and O–H groups in total. The van der Waals surface area contributed by atoms with E-state index < -0.39 is 0 Å². The lowest BCUT2D eigenvalue weighted by Gasteiger charge is -2.00. The van der Waals surface area contributed by atoms with Gasteiger partial charge < -0.3 is 5.32 Å². The summed E-state index contributed by atoms with van der Waals surface area (Å²) in [4.78, 5) is 11.0. The summed E-state index contributed by atoms with van der Waals surface area (Å²) in [5.41, 5.74) is 0. The first-order chi connectivity index (χ1) is 5.81. The maximum Gasteiger partial charge on any atom is 0.220 e. The largest absolute Gasteiger partial charge is 0.355 e. The third kappa shape index (κ3) is 7.49. The predicted molar refractivity (Wildman–Crippen MR) is 54.1 cm³/mol. The van der Waals surface area contributed by atoms with Gasteiger partial charge in [-0.3, -0.25) is 4.79 Å². The zero-order valence-electron chi connectivity index (χ0n) is 7.64. The topological polar surface area (TPSA) is 29.1 Å². The molecule has 0 saturated heterocycles. The van der Waals surface area contributed by atoms with Crippen LogP contribution in [-0.2, 0) is 4.79 Å². The molecule has 12 heavy (non-hydrogen) atoms. The van der Waals surface area contributed by atoms with E-state index in [0.717, 1.165) is 12.2 Å². The van der Waals surface area contributed by atoms with Crippen molar-refractivity contribution in [2.75, 3.05) is 18.6 Å². The molecule has 0 aromatic carbocycles. The van der Waals surface area contributed by atoms with Crippen molar-refractivity contribution in [2.24, 2.45) is 0 Å². The highest BCUT2D eigenvalue weighted by atomic mass is 32.2.